The van der Waals surface area contributed by atoms with Crippen LogP contribution in [0.25, 0.3) is 0 Å². The third kappa shape index (κ3) is 3.60. The molecule has 2 rings (SSSR count). The van der Waals surface area contributed by atoms with E-state index in [0.717, 1.165) is 31.6 Å². The number of ether oxygens (including phenoxy) is 4. The van der Waals surface area contributed by atoms with Crippen molar-refractivity contribution in [2.75, 3.05) is 34.5 Å². The average Bonchev–Trinajstić information content (AvgIpc) is 2.52. The fourth-order valence-corrected chi connectivity index (χ4v) is 2.68. The molecule has 0 aliphatic carbocycles. The minimum atomic E-state index is 0.0103. The molecule has 1 aliphatic rings. The molecule has 0 aromatic heterocycles. The maximum Gasteiger partial charge on any atom is 0.203 e. The van der Waals surface area contributed by atoms with E-state index in [0.29, 0.717) is 23.8 Å². The van der Waals surface area contributed by atoms with Crippen molar-refractivity contribution in [2.24, 2.45) is 0 Å². The summed E-state index contributed by atoms with van der Waals surface area (Å²) in [6.45, 7) is 4.49. The number of rotatable bonds is 6. The zero-order valence-corrected chi connectivity index (χ0v) is 13.3. The number of methoxy groups -OCH3 is 3. The first-order chi connectivity index (χ1) is 10.1. The molecule has 118 valence electrons. The van der Waals surface area contributed by atoms with Gasteiger partial charge >= 0.3 is 0 Å². The highest BCUT2D eigenvalue weighted by Gasteiger charge is 2.27. The molecule has 0 amide bonds. The van der Waals surface area contributed by atoms with Gasteiger partial charge in [-0.2, -0.15) is 0 Å². The van der Waals surface area contributed by atoms with Gasteiger partial charge in [0.15, 0.2) is 11.5 Å². The van der Waals surface area contributed by atoms with E-state index in [-0.39, 0.29) is 5.54 Å². The highest BCUT2D eigenvalue weighted by atomic mass is 16.5. The molecule has 5 heteroatoms. The van der Waals surface area contributed by atoms with E-state index in [4.69, 9.17) is 18.9 Å². The lowest BCUT2D eigenvalue weighted by Crippen LogP contribution is -2.48. The molecule has 1 N–H and O–H groups in total. The molecular weight excluding hydrogens is 270 g/mol. The summed E-state index contributed by atoms with van der Waals surface area (Å²) in [5, 5.41) is 3.58. The van der Waals surface area contributed by atoms with Crippen LogP contribution in [0.3, 0.4) is 0 Å². The summed E-state index contributed by atoms with van der Waals surface area (Å²) in [4.78, 5) is 0. The van der Waals surface area contributed by atoms with E-state index < -0.39 is 0 Å². The summed E-state index contributed by atoms with van der Waals surface area (Å²) < 4.78 is 21.8. The molecule has 1 aromatic rings. The Labute approximate surface area is 126 Å². The van der Waals surface area contributed by atoms with Gasteiger partial charge in [-0.05, 0) is 25.8 Å². The van der Waals surface area contributed by atoms with Crippen LogP contribution < -0.4 is 19.5 Å². The molecule has 0 radical (unpaired) electrons. The van der Waals surface area contributed by atoms with Gasteiger partial charge in [-0.1, -0.05) is 6.07 Å². The zero-order chi connectivity index (χ0) is 15.3. The van der Waals surface area contributed by atoms with E-state index in [9.17, 15) is 0 Å². The Morgan fingerprint density at radius 1 is 1.14 bits per heavy atom. The van der Waals surface area contributed by atoms with Crippen LogP contribution in [0.5, 0.6) is 17.2 Å². The van der Waals surface area contributed by atoms with Crippen LogP contribution in [0, 0.1) is 0 Å². The van der Waals surface area contributed by atoms with E-state index in [1.165, 1.54) is 0 Å². The molecule has 5 nitrogen and oxygen atoms in total. The molecule has 1 atom stereocenters. The Kier molecular flexibility index (Phi) is 5.31. The van der Waals surface area contributed by atoms with Crippen molar-refractivity contribution in [3.05, 3.63) is 17.7 Å². The van der Waals surface area contributed by atoms with E-state index in [2.05, 4.69) is 12.2 Å². The zero-order valence-electron chi connectivity index (χ0n) is 13.3. The first kappa shape index (κ1) is 15.9. The Balaban J connectivity index is 2.16. The van der Waals surface area contributed by atoms with Gasteiger partial charge in [0.25, 0.3) is 0 Å². The van der Waals surface area contributed by atoms with E-state index in [1.54, 1.807) is 21.3 Å². The monoisotopic (exact) mass is 295 g/mol. The van der Waals surface area contributed by atoms with Crippen molar-refractivity contribution in [1.29, 1.82) is 0 Å². The molecule has 1 aromatic carbocycles. The molecule has 1 aliphatic heterocycles. The van der Waals surface area contributed by atoms with Crippen molar-refractivity contribution >= 4 is 0 Å². The highest BCUT2D eigenvalue weighted by molar-refractivity contribution is 5.55. The second-order valence-electron chi connectivity index (χ2n) is 5.56. The van der Waals surface area contributed by atoms with Crippen molar-refractivity contribution in [2.45, 2.75) is 31.8 Å². The Morgan fingerprint density at radius 2 is 1.90 bits per heavy atom. The van der Waals surface area contributed by atoms with Crippen LogP contribution in [0.15, 0.2) is 12.1 Å². The molecular formula is C16H25NO4. The number of benzene rings is 1. The number of hydrogen-bond acceptors (Lipinski definition) is 5. The third-order valence-electron chi connectivity index (χ3n) is 3.93. The van der Waals surface area contributed by atoms with Crippen LogP contribution in [0.4, 0.5) is 0 Å². The van der Waals surface area contributed by atoms with Crippen molar-refractivity contribution in [1.82, 2.24) is 5.32 Å². The van der Waals surface area contributed by atoms with Gasteiger partial charge in [0, 0.05) is 24.3 Å². The fourth-order valence-electron chi connectivity index (χ4n) is 2.68. The summed E-state index contributed by atoms with van der Waals surface area (Å²) in [5.74, 6) is 2.01. The van der Waals surface area contributed by atoms with E-state index >= 15 is 0 Å². The standard InChI is InChI=1S/C16H25NO4/c1-16(8-5-9-21-11-16)17-10-12-6-7-13(18-2)15(20-4)14(12)19-3/h6-7,17H,5,8-11H2,1-4H3. The second-order valence-corrected chi connectivity index (χ2v) is 5.56. The van der Waals surface area contributed by atoms with Gasteiger partial charge in [0.2, 0.25) is 5.75 Å². The minimum absolute atomic E-state index is 0.0103. The lowest BCUT2D eigenvalue weighted by atomic mass is 9.94. The largest absolute Gasteiger partial charge is 0.493 e. The molecule has 0 spiro atoms. The summed E-state index contributed by atoms with van der Waals surface area (Å²) in [6, 6.07) is 3.90. The lowest BCUT2D eigenvalue weighted by molar-refractivity contribution is 0.0277. The van der Waals surface area contributed by atoms with Gasteiger partial charge in [0.05, 0.1) is 27.9 Å². The Hall–Kier alpha value is -1.46. The minimum Gasteiger partial charge on any atom is -0.493 e. The second kappa shape index (κ2) is 7.00. The molecule has 1 saturated heterocycles. The van der Waals surface area contributed by atoms with Crippen molar-refractivity contribution in [3.8, 4) is 17.2 Å². The summed E-state index contributed by atoms with van der Waals surface area (Å²) in [6.07, 6.45) is 2.20. The van der Waals surface area contributed by atoms with Gasteiger partial charge in [-0.3, -0.25) is 0 Å². The SMILES string of the molecule is COc1ccc(CNC2(C)CCCOC2)c(OC)c1OC. The topological polar surface area (TPSA) is 49.0 Å². The Bertz CT molecular complexity index is 470. The van der Waals surface area contributed by atoms with Crippen LogP contribution >= 0.6 is 0 Å². The third-order valence-corrected chi connectivity index (χ3v) is 3.93. The molecule has 0 saturated carbocycles. The maximum absolute atomic E-state index is 5.57. The highest BCUT2D eigenvalue weighted by Crippen LogP contribution is 2.39. The molecule has 0 bridgehead atoms. The quantitative estimate of drug-likeness (QED) is 0.873. The lowest BCUT2D eigenvalue weighted by Gasteiger charge is -2.34. The predicted molar refractivity (Wildman–Crippen MR) is 81.4 cm³/mol. The maximum atomic E-state index is 5.57. The van der Waals surface area contributed by atoms with E-state index in [1.807, 2.05) is 12.1 Å². The van der Waals surface area contributed by atoms with Crippen molar-refractivity contribution in [3.63, 3.8) is 0 Å². The summed E-state index contributed by atoms with van der Waals surface area (Å²) in [7, 11) is 4.88. The first-order valence-electron chi connectivity index (χ1n) is 7.24. The van der Waals surface area contributed by atoms with Gasteiger partial charge in [-0.25, -0.2) is 0 Å². The van der Waals surface area contributed by atoms with Gasteiger partial charge in [-0.15, -0.1) is 0 Å². The summed E-state index contributed by atoms with van der Waals surface area (Å²) in [5.41, 5.74) is 1.05. The van der Waals surface area contributed by atoms with Crippen LogP contribution in [-0.2, 0) is 11.3 Å². The van der Waals surface area contributed by atoms with Crippen LogP contribution in [0.1, 0.15) is 25.3 Å². The Morgan fingerprint density at radius 3 is 2.48 bits per heavy atom. The fraction of sp³-hybridized carbons (Fsp3) is 0.625. The molecule has 1 fully saturated rings. The predicted octanol–water partition coefficient (Wildman–Crippen LogP) is 2.37. The number of nitrogens with one attached hydrogen (secondary N) is 1. The smallest absolute Gasteiger partial charge is 0.203 e. The molecule has 1 heterocycles. The van der Waals surface area contributed by atoms with Gasteiger partial charge < -0.3 is 24.3 Å². The molecule has 1 unspecified atom stereocenters. The summed E-state index contributed by atoms with van der Waals surface area (Å²) >= 11 is 0. The van der Waals surface area contributed by atoms with Crippen molar-refractivity contribution < 1.29 is 18.9 Å². The normalized spacial score (nSPS) is 21.9. The first-order valence-corrected chi connectivity index (χ1v) is 7.24. The average molecular weight is 295 g/mol. The van der Waals surface area contributed by atoms with Gasteiger partial charge in [0.1, 0.15) is 0 Å². The van der Waals surface area contributed by atoms with Crippen LogP contribution in [-0.4, -0.2) is 40.1 Å². The molecule has 21 heavy (non-hydrogen) atoms. The number of hydrogen-bond donors (Lipinski definition) is 1. The van der Waals surface area contributed by atoms with Crippen LogP contribution in [0.2, 0.25) is 0 Å².